The van der Waals surface area contributed by atoms with E-state index in [2.05, 4.69) is 11.6 Å². The second-order valence-corrected chi connectivity index (χ2v) is 8.24. The summed E-state index contributed by atoms with van der Waals surface area (Å²) in [6.07, 6.45) is 1.91. The molecule has 4 aromatic rings. The average molecular weight is 395 g/mol. The van der Waals surface area contributed by atoms with Crippen molar-refractivity contribution in [3.63, 3.8) is 0 Å². The molecule has 0 amide bonds. The molecule has 0 aliphatic rings. The lowest BCUT2D eigenvalue weighted by Crippen LogP contribution is -2.14. The van der Waals surface area contributed by atoms with Gasteiger partial charge in [0.25, 0.3) is 10.0 Å². The first kappa shape index (κ1) is 18.4. The van der Waals surface area contributed by atoms with Crippen LogP contribution >= 0.6 is 0 Å². The Hall–Kier alpha value is -2.99. The second-order valence-electron chi connectivity index (χ2n) is 6.56. The molecular weight excluding hydrogens is 374 g/mol. The van der Waals surface area contributed by atoms with Crippen LogP contribution in [0.1, 0.15) is 19.8 Å². The van der Waals surface area contributed by atoms with Crippen molar-refractivity contribution in [2.75, 3.05) is 11.3 Å². The van der Waals surface area contributed by atoms with Gasteiger partial charge in [-0.05, 0) is 36.8 Å². The Morgan fingerprint density at radius 3 is 2.54 bits per heavy atom. The lowest BCUT2D eigenvalue weighted by Gasteiger charge is -2.13. The van der Waals surface area contributed by atoms with Crippen LogP contribution in [0.3, 0.4) is 0 Å². The van der Waals surface area contributed by atoms with E-state index in [1.54, 1.807) is 36.4 Å². The smallest absolute Gasteiger partial charge is 0.262 e. The van der Waals surface area contributed by atoms with Gasteiger partial charge in [0.05, 0.1) is 17.2 Å². The van der Waals surface area contributed by atoms with Gasteiger partial charge in [-0.15, -0.1) is 0 Å². The highest BCUT2D eigenvalue weighted by Crippen LogP contribution is 2.32. The van der Waals surface area contributed by atoms with Crippen molar-refractivity contribution in [2.24, 2.45) is 0 Å². The first-order valence-electron chi connectivity index (χ1n) is 9.24. The van der Waals surface area contributed by atoms with Gasteiger partial charge in [0.15, 0.2) is 0 Å². The minimum Gasteiger partial charge on any atom is -0.491 e. The topological polar surface area (TPSA) is 68.5 Å². The molecule has 0 unspecified atom stereocenters. The molecule has 0 saturated heterocycles. The van der Waals surface area contributed by atoms with E-state index in [0.29, 0.717) is 23.6 Å². The third kappa shape index (κ3) is 3.55. The molecule has 5 nitrogen and oxygen atoms in total. The maximum absolute atomic E-state index is 12.9. The second kappa shape index (κ2) is 7.56. The standard InChI is InChI=1S/C22H21NO4S/c1-2-3-14-26-21-11-7-5-9-19(21)23-28(24,25)16-12-13-18-17-8-4-6-10-20(17)27-22(18)15-16/h4-13,15,23H,2-3,14H2,1H3. The Morgan fingerprint density at radius 1 is 0.929 bits per heavy atom. The number of rotatable bonds is 7. The molecule has 0 atom stereocenters. The molecule has 0 bridgehead atoms. The molecule has 1 aromatic heterocycles. The number of fused-ring (bicyclic) bond motifs is 3. The summed E-state index contributed by atoms with van der Waals surface area (Å²) in [5.41, 5.74) is 1.69. The number of sulfonamides is 1. The van der Waals surface area contributed by atoms with E-state index in [4.69, 9.17) is 9.15 Å². The largest absolute Gasteiger partial charge is 0.491 e. The molecule has 0 aliphatic heterocycles. The number of anilines is 1. The third-order valence-corrected chi connectivity index (χ3v) is 5.91. The minimum atomic E-state index is -3.79. The summed E-state index contributed by atoms with van der Waals surface area (Å²) in [7, 11) is -3.79. The van der Waals surface area contributed by atoms with Gasteiger partial charge in [-0.3, -0.25) is 4.72 Å². The Labute approximate surface area is 164 Å². The zero-order valence-corrected chi connectivity index (χ0v) is 16.3. The number of hydrogen-bond acceptors (Lipinski definition) is 4. The lowest BCUT2D eigenvalue weighted by atomic mass is 10.2. The predicted octanol–water partition coefficient (Wildman–Crippen LogP) is 5.57. The van der Waals surface area contributed by atoms with Gasteiger partial charge in [-0.2, -0.15) is 0 Å². The number of ether oxygens (including phenoxy) is 1. The first-order chi connectivity index (χ1) is 13.6. The van der Waals surface area contributed by atoms with Crippen LogP contribution in [-0.2, 0) is 10.0 Å². The van der Waals surface area contributed by atoms with Crippen LogP contribution in [0.2, 0.25) is 0 Å². The van der Waals surface area contributed by atoms with E-state index < -0.39 is 10.0 Å². The summed E-state index contributed by atoms with van der Waals surface area (Å²) >= 11 is 0. The number of benzene rings is 3. The molecule has 0 aliphatic carbocycles. The van der Waals surface area contributed by atoms with Crippen LogP contribution in [0.4, 0.5) is 5.69 Å². The number of unbranched alkanes of at least 4 members (excludes halogenated alkanes) is 1. The van der Waals surface area contributed by atoms with Crippen molar-refractivity contribution < 1.29 is 17.6 Å². The highest BCUT2D eigenvalue weighted by molar-refractivity contribution is 7.92. The van der Waals surface area contributed by atoms with Gasteiger partial charge in [-0.1, -0.05) is 43.7 Å². The Balaban J connectivity index is 1.66. The number of nitrogens with one attached hydrogen (secondary N) is 1. The van der Waals surface area contributed by atoms with Crippen LogP contribution < -0.4 is 9.46 Å². The molecule has 0 spiro atoms. The summed E-state index contributed by atoms with van der Waals surface area (Å²) in [5, 5.41) is 1.85. The van der Waals surface area contributed by atoms with Gasteiger partial charge in [0, 0.05) is 16.8 Å². The van der Waals surface area contributed by atoms with Crippen molar-refractivity contribution in [1.82, 2.24) is 0 Å². The minimum absolute atomic E-state index is 0.141. The fourth-order valence-electron chi connectivity index (χ4n) is 3.08. The molecule has 1 heterocycles. The monoisotopic (exact) mass is 395 g/mol. The van der Waals surface area contributed by atoms with Crippen LogP contribution in [-0.4, -0.2) is 15.0 Å². The van der Waals surface area contributed by atoms with Gasteiger partial charge in [-0.25, -0.2) is 8.42 Å². The Morgan fingerprint density at radius 2 is 1.68 bits per heavy atom. The first-order valence-corrected chi connectivity index (χ1v) is 10.7. The van der Waals surface area contributed by atoms with Crippen LogP contribution in [0, 0.1) is 0 Å². The number of para-hydroxylation sites is 3. The van der Waals surface area contributed by atoms with E-state index >= 15 is 0 Å². The molecule has 28 heavy (non-hydrogen) atoms. The molecule has 0 saturated carbocycles. The maximum atomic E-state index is 12.9. The zero-order valence-electron chi connectivity index (χ0n) is 15.5. The van der Waals surface area contributed by atoms with Gasteiger partial charge >= 0.3 is 0 Å². The van der Waals surface area contributed by atoms with Gasteiger partial charge in [0.1, 0.15) is 16.9 Å². The maximum Gasteiger partial charge on any atom is 0.262 e. The molecule has 6 heteroatoms. The quantitative estimate of drug-likeness (QED) is 0.416. The molecular formula is C22H21NO4S. The lowest BCUT2D eigenvalue weighted by molar-refractivity contribution is 0.311. The normalized spacial score (nSPS) is 11.8. The molecule has 4 rings (SSSR count). The van der Waals surface area contributed by atoms with Gasteiger partial charge in [0.2, 0.25) is 0 Å². The summed E-state index contributed by atoms with van der Waals surface area (Å²) in [6, 6.07) is 19.6. The Kier molecular flexibility index (Phi) is 4.96. The SMILES string of the molecule is CCCCOc1ccccc1NS(=O)(=O)c1ccc2c(c1)oc1ccccc12. The molecule has 0 radical (unpaired) electrons. The predicted molar refractivity (Wildman–Crippen MR) is 111 cm³/mol. The zero-order chi connectivity index (χ0) is 19.6. The molecule has 3 aromatic carbocycles. The van der Waals surface area contributed by atoms with E-state index in [0.717, 1.165) is 29.2 Å². The average Bonchev–Trinajstić information content (AvgIpc) is 3.07. The van der Waals surface area contributed by atoms with E-state index in [1.807, 2.05) is 30.3 Å². The third-order valence-electron chi connectivity index (χ3n) is 4.55. The fraction of sp³-hybridized carbons (Fsp3) is 0.182. The summed E-state index contributed by atoms with van der Waals surface area (Å²) in [4.78, 5) is 0.141. The van der Waals surface area contributed by atoms with Crippen LogP contribution in [0.15, 0.2) is 76.0 Å². The van der Waals surface area contributed by atoms with Gasteiger partial charge < -0.3 is 9.15 Å². The fourth-order valence-corrected chi connectivity index (χ4v) is 4.17. The van der Waals surface area contributed by atoms with Crippen molar-refractivity contribution in [1.29, 1.82) is 0 Å². The number of hydrogen-bond donors (Lipinski definition) is 1. The van der Waals surface area contributed by atoms with Crippen molar-refractivity contribution in [2.45, 2.75) is 24.7 Å². The van der Waals surface area contributed by atoms with Crippen LogP contribution in [0.25, 0.3) is 21.9 Å². The summed E-state index contributed by atoms with van der Waals surface area (Å²) in [5.74, 6) is 0.518. The van der Waals surface area contributed by atoms with Crippen molar-refractivity contribution in [3.8, 4) is 5.75 Å². The van der Waals surface area contributed by atoms with E-state index in [1.165, 1.54) is 0 Å². The Bertz CT molecular complexity index is 1230. The van der Waals surface area contributed by atoms with E-state index in [9.17, 15) is 8.42 Å². The molecule has 0 fully saturated rings. The van der Waals surface area contributed by atoms with Crippen molar-refractivity contribution >= 4 is 37.6 Å². The highest BCUT2D eigenvalue weighted by Gasteiger charge is 2.18. The van der Waals surface area contributed by atoms with E-state index in [-0.39, 0.29) is 4.90 Å². The number of furan rings is 1. The highest BCUT2D eigenvalue weighted by atomic mass is 32.2. The molecule has 144 valence electrons. The molecule has 1 N–H and O–H groups in total. The van der Waals surface area contributed by atoms with Crippen molar-refractivity contribution in [3.05, 3.63) is 66.7 Å². The van der Waals surface area contributed by atoms with Crippen LogP contribution in [0.5, 0.6) is 5.75 Å². The summed E-state index contributed by atoms with van der Waals surface area (Å²) in [6.45, 7) is 2.62. The summed E-state index contributed by atoms with van der Waals surface area (Å²) < 4.78 is 40.0.